The first-order valence-corrected chi connectivity index (χ1v) is 18.3. The van der Waals surface area contributed by atoms with Gasteiger partial charge in [-0.1, -0.05) is 29.4 Å². The number of aryl methyl sites for hydroxylation is 1. The van der Waals surface area contributed by atoms with Gasteiger partial charge in [-0.05, 0) is 73.7 Å². The van der Waals surface area contributed by atoms with Crippen molar-refractivity contribution < 1.29 is 23.3 Å². The summed E-state index contributed by atoms with van der Waals surface area (Å²) in [7, 11) is 0. The third-order valence-electron chi connectivity index (χ3n) is 10.6. The van der Waals surface area contributed by atoms with Crippen LogP contribution in [0.15, 0.2) is 71.5 Å². The summed E-state index contributed by atoms with van der Waals surface area (Å²) in [6.45, 7) is 8.16. The molecule has 0 radical (unpaired) electrons. The zero-order valence-corrected chi connectivity index (χ0v) is 30.4. The second-order valence-corrected chi connectivity index (χ2v) is 14.1. The monoisotopic (exact) mass is 742 g/mol. The Morgan fingerprint density at radius 2 is 1.85 bits per heavy atom. The Morgan fingerprint density at radius 1 is 1.02 bits per heavy atom. The van der Waals surface area contributed by atoms with Crippen molar-refractivity contribution in [2.24, 2.45) is 5.73 Å². The standard InChI is InChI=1S/C40H39FN10O4/c1-22-17-25(4-7-28(22)23(2)40-46-38(36(42)53)49-55-40)35-31-19-26(20-44-37(31)48-47-35)33-9-5-27(21-43-33)51-15-13-50(14-16-51)12-11-24-3-6-29(32(41)18-24)30-8-10-34(52)45-39(30)54/h3-7,9,17-21,23,30H,8,10-16H2,1-2H3,(H2,42,53)(H,44,47,48)(H,45,52,54)/t23-,30-/m1/s1. The Morgan fingerprint density at radius 3 is 2.56 bits per heavy atom. The van der Waals surface area contributed by atoms with E-state index in [1.54, 1.807) is 12.3 Å². The van der Waals surface area contributed by atoms with Crippen LogP contribution in [0.2, 0.25) is 0 Å². The largest absolute Gasteiger partial charge is 0.368 e. The van der Waals surface area contributed by atoms with E-state index >= 15 is 0 Å². The number of aromatic nitrogens is 6. The normalized spacial score (nSPS) is 17.1. The number of hydrogen-bond donors (Lipinski definition) is 3. The summed E-state index contributed by atoms with van der Waals surface area (Å²) >= 11 is 0. The number of nitrogens with zero attached hydrogens (tertiary/aromatic N) is 7. The van der Waals surface area contributed by atoms with E-state index in [9.17, 15) is 18.8 Å². The highest BCUT2D eigenvalue weighted by Crippen LogP contribution is 2.33. The van der Waals surface area contributed by atoms with Gasteiger partial charge in [-0.2, -0.15) is 10.1 Å². The molecule has 0 aliphatic carbocycles. The predicted molar refractivity (Wildman–Crippen MR) is 202 cm³/mol. The number of benzene rings is 2. The van der Waals surface area contributed by atoms with Crippen LogP contribution in [0.1, 0.15) is 70.4 Å². The third-order valence-corrected chi connectivity index (χ3v) is 10.6. The lowest BCUT2D eigenvalue weighted by molar-refractivity contribution is -0.134. The number of piperidine rings is 1. The molecule has 0 unspecified atom stereocenters. The number of fused-ring (bicyclic) bond motifs is 1. The molecule has 2 aliphatic rings. The highest BCUT2D eigenvalue weighted by atomic mass is 19.1. The van der Waals surface area contributed by atoms with Gasteiger partial charge in [-0.25, -0.2) is 9.37 Å². The zero-order chi connectivity index (χ0) is 38.2. The molecule has 2 saturated heterocycles. The van der Waals surface area contributed by atoms with Gasteiger partial charge < -0.3 is 15.2 Å². The van der Waals surface area contributed by atoms with Gasteiger partial charge in [0.1, 0.15) is 5.82 Å². The van der Waals surface area contributed by atoms with Gasteiger partial charge in [0.05, 0.1) is 35.1 Å². The van der Waals surface area contributed by atoms with E-state index in [4.69, 9.17) is 15.2 Å². The van der Waals surface area contributed by atoms with E-state index in [0.29, 0.717) is 29.9 Å². The molecule has 14 nitrogen and oxygen atoms in total. The fraction of sp³-hybridized carbons (Fsp3) is 0.300. The number of halogens is 1. The molecule has 6 heterocycles. The number of carbonyl (C=O) groups excluding carboxylic acids is 3. The molecule has 15 heteroatoms. The number of rotatable bonds is 10. The zero-order valence-electron chi connectivity index (χ0n) is 30.4. The Balaban J connectivity index is 0.885. The molecular weight excluding hydrogens is 704 g/mol. The van der Waals surface area contributed by atoms with Crippen LogP contribution >= 0.6 is 0 Å². The molecule has 4 N–H and O–H groups in total. The van der Waals surface area contributed by atoms with Gasteiger partial charge >= 0.3 is 0 Å². The lowest BCUT2D eigenvalue weighted by Crippen LogP contribution is -2.47. The van der Waals surface area contributed by atoms with Gasteiger partial charge in [0, 0.05) is 67.4 Å². The molecule has 6 aromatic rings. The third kappa shape index (κ3) is 7.30. The Labute approximate surface area is 315 Å². The van der Waals surface area contributed by atoms with E-state index in [1.165, 1.54) is 6.07 Å². The second kappa shape index (κ2) is 14.8. The number of carbonyl (C=O) groups is 3. The molecular formula is C40H39FN10O4. The van der Waals surface area contributed by atoms with Crippen LogP contribution in [0.25, 0.3) is 33.5 Å². The number of nitrogens with one attached hydrogen (secondary N) is 2. The average molecular weight is 743 g/mol. The minimum atomic E-state index is -0.738. The molecule has 2 atom stereocenters. The van der Waals surface area contributed by atoms with Crippen LogP contribution in [0.3, 0.4) is 0 Å². The highest BCUT2D eigenvalue weighted by Gasteiger charge is 2.30. The summed E-state index contributed by atoms with van der Waals surface area (Å²) < 4.78 is 20.3. The summed E-state index contributed by atoms with van der Waals surface area (Å²) in [5, 5.41) is 14.4. The number of nitrogens with two attached hydrogens (primary N) is 1. The van der Waals surface area contributed by atoms with E-state index in [2.05, 4.69) is 52.6 Å². The van der Waals surface area contributed by atoms with Crippen LogP contribution in [0.5, 0.6) is 0 Å². The minimum Gasteiger partial charge on any atom is -0.368 e. The molecule has 2 aliphatic heterocycles. The highest BCUT2D eigenvalue weighted by molar-refractivity contribution is 6.01. The van der Waals surface area contributed by atoms with Crippen LogP contribution < -0.4 is 16.0 Å². The molecule has 8 rings (SSSR count). The molecule has 2 fully saturated rings. The summed E-state index contributed by atoms with van der Waals surface area (Å²) in [4.78, 5) is 53.4. The number of H-pyrrole nitrogens is 1. The molecule has 0 saturated carbocycles. The van der Waals surface area contributed by atoms with Crippen molar-refractivity contribution in [3.8, 4) is 22.5 Å². The maximum atomic E-state index is 15.0. The summed E-state index contributed by atoms with van der Waals surface area (Å²) in [5.74, 6) is -2.57. The molecule has 0 spiro atoms. The number of hydrogen-bond acceptors (Lipinski definition) is 11. The van der Waals surface area contributed by atoms with E-state index in [1.807, 2.05) is 50.4 Å². The van der Waals surface area contributed by atoms with Gasteiger partial charge in [-0.3, -0.25) is 34.7 Å². The van der Waals surface area contributed by atoms with Crippen molar-refractivity contribution in [1.29, 1.82) is 0 Å². The second-order valence-electron chi connectivity index (χ2n) is 14.1. The van der Waals surface area contributed by atoms with Crippen LogP contribution in [-0.4, -0.2) is 85.7 Å². The average Bonchev–Trinajstić information content (AvgIpc) is 3.86. The van der Waals surface area contributed by atoms with Crippen molar-refractivity contribution in [1.82, 2.24) is 40.5 Å². The number of imide groups is 1. The molecule has 280 valence electrons. The lowest BCUT2D eigenvalue weighted by atomic mass is 9.89. The van der Waals surface area contributed by atoms with Crippen molar-refractivity contribution in [3.63, 3.8) is 0 Å². The van der Waals surface area contributed by atoms with E-state index in [0.717, 1.165) is 83.0 Å². The summed E-state index contributed by atoms with van der Waals surface area (Å²) in [5.41, 5.74) is 13.6. The van der Waals surface area contributed by atoms with Crippen LogP contribution in [0, 0.1) is 12.7 Å². The maximum absolute atomic E-state index is 15.0. The fourth-order valence-electron chi connectivity index (χ4n) is 7.48. The molecule has 55 heavy (non-hydrogen) atoms. The van der Waals surface area contributed by atoms with Gasteiger partial charge in [0.15, 0.2) is 5.65 Å². The first-order valence-electron chi connectivity index (χ1n) is 18.3. The Bertz CT molecular complexity index is 2420. The molecule has 0 bridgehead atoms. The SMILES string of the molecule is Cc1cc(-c2[nH]nc3ncc(-c4ccc(N5CCN(CCc6ccc([C@H]7CCC(=O)NC7=O)c(F)c6)CC5)cn4)cc23)ccc1[C@@H](C)c1nc(C(N)=O)no1. The first-order chi connectivity index (χ1) is 26.6. The van der Waals surface area contributed by atoms with Gasteiger partial charge in [-0.15, -0.1) is 0 Å². The van der Waals surface area contributed by atoms with Crippen molar-refractivity contribution in [2.75, 3.05) is 37.6 Å². The van der Waals surface area contributed by atoms with Crippen molar-refractivity contribution in [3.05, 3.63) is 107 Å². The topological polar surface area (TPSA) is 189 Å². The lowest BCUT2D eigenvalue weighted by Gasteiger charge is -2.36. The number of anilines is 1. The van der Waals surface area contributed by atoms with E-state index in [-0.39, 0.29) is 24.1 Å². The number of amides is 3. The number of primary amides is 1. The molecule has 4 aromatic heterocycles. The fourth-order valence-corrected chi connectivity index (χ4v) is 7.48. The number of pyridine rings is 2. The van der Waals surface area contributed by atoms with Crippen LogP contribution in [-0.2, 0) is 16.0 Å². The van der Waals surface area contributed by atoms with E-state index < -0.39 is 23.5 Å². The smallest absolute Gasteiger partial charge is 0.290 e. The first kappa shape index (κ1) is 35.7. The number of aromatic amines is 1. The summed E-state index contributed by atoms with van der Waals surface area (Å²) in [6, 6.07) is 17.3. The van der Waals surface area contributed by atoms with Crippen molar-refractivity contribution >= 4 is 34.4 Å². The Hall–Kier alpha value is -6.35. The quantitative estimate of drug-likeness (QED) is 0.166. The van der Waals surface area contributed by atoms with Gasteiger partial charge in [0.25, 0.3) is 11.7 Å². The Kier molecular flexibility index (Phi) is 9.61. The van der Waals surface area contributed by atoms with Gasteiger partial charge in [0.2, 0.25) is 17.7 Å². The van der Waals surface area contributed by atoms with Crippen LogP contribution in [0.4, 0.5) is 10.1 Å². The van der Waals surface area contributed by atoms with Crippen molar-refractivity contribution in [2.45, 2.75) is 44.9 Å². The summed E-state index contributed by atoms with van der Waals surface area (Å²) in [6.07, 6.45) is 4.93. The minimum absolute atomic E-state index is 0.145. The molecule has 2 aromatic carbocycles. The molecule has 3 amide bonds. The predicted octanol–water partition coefficient (Wildman–Crippen LogP) is 4.65. The number of piperazine rings is 1. The maximum Gasteiger partial charge on any atom is 0.290 e.